The summed E-state index contributed by atoms with van der Waals surface area (Å²) in [5.41, 5.74) is 0.988. The van der Waals surface area contributed by atoms with Gasteiger partial charge in [0.25, 0.3) is 11.8 Å². The number of benzene rings is 1. The molecule has 0 atom stereocenters. The molecule has 1 aromatic heterocycles. The van der Waals surface area contributed by atoms with Crippen molar-refractivity contribution in [3.63, 3.8) is 0 Å². The molecule has 0 saturated carbocycles. The SMILES string of the molecule is CNC(=O)c1ccc(Cl)c(NC(=O)c2ccncc2Cl)c1. The summed E-state index contributed by atoms with van der Waals surface area (Å²) in [6, 6.07) is 6.09. The van der Waals surface area contributed by atoms with Gasteiger partial charge in [-0.3, -0.25) is 14.6 Å². The number of carbonyl (C=O) groups is 2. The fourth-order valence-corrected chi connectivity index (χ4v) is 2.03. The lowest BCUT2D eigenvalue weighted by Gasteiger charge is -2.09. The summed E-state index contributed by atoms with van der Waals surface area (Å²) in [6.07, 6.45) is 2.84. The predicted molar refractivity (Wildman–Crippen MR) is 82.0 cm³/mol. The molecule has 0 unspecified atom stereocenters. The number of pyridine rings is 1. The van der Waals surface area contributed by atoms with Crippen molar-refractivity contribution in [2.75, 3.05) is 12.4 Å². The number of carbonyl (C=O) groups excluding carboxylic acids is 2. The van der Waals surface area contributed by atoms with Crippen molar-refractivity contribution >= 4 is 40.7 Å². The van der Waals surface area contributed by atoms with Crippen LogP contribution in [0, 0.1) is 0 Å². The molecular weight excluding hydrogens is 313 g/mol. The Balaban J connectivity index is 2.29. The molecule has 5 nitrogen and oxygen atoms in total. The Morgan fingerprint density at radius 2 is 1.86 bits per heavy atom. The number of hydrogen-bond donors (Lipinski definition) is 2. The molecule has 1 heterocycles. The van der Waals surface area contributed by atoms with Gasteiger partial charge < -0.3 is 10.6 Å². The van der Waals surface area contributed by atoms with E-state index >= 15 is 0 Å². The molecular formula is C14H11Cl2N3O2. The van der Waals surface area contributed by atoms with Gasteiger partial charge in [-0.25, -0.2) is 0 Å². The van der Waals surface area contributed by atoms with Crippen LogP contribution in [-0.2, 0) is 0 Å². The molecule has 108 valence electrons. The summed E-state index contributed by atoms with van der Waals surface area (Å²) in [5, 5.41) is 5.67. The summed E-state index contributed by atoms with van der Waals surface area (Å²) >= 11 is 11.9. The first kappa shape index (κ1) is 15.3. The highest BCUT2D eigenvalue weighted by Crippen LogP contribution is 2.24. The second-order valence-electron chi connectivity index (χ2n) is 4.08. The molecule has 0 aliphatic carbocycles. The zero-order chi connectivity index (χ0) is 15.4. The van der Waals surface area contributed by atoms with Crippen LogP contribution in [0.2, 0.25) is 10.0 Å². The number of nitrogens with one attached hydrogen (secondary N) is 2. The molecule has 0 radical (unpaired) electrons. The summed E-state index contributed by atoms with van der Waals surface area (Å²) in [7, 11) is 1.52. The quantitative estimate of drug-likeness (QED) is 0.912. The second-order valence-corrected chi connectivity index (χ2v) is 4.90. The van der Waals surface area contributed by atoms with E-state index in [0.29, 0.717) is 16.3 Å². The maximum atomic E-state index is 12.2. The van der Waals surface area contributed by atoms with Crippen LogP contribution in [0.5, 0.6) is 0 Å². The van der Waals surface area contributed by atoms with Gasteiger partial charge in [0.05, 0.1) is 21.3 Å². The zero-order valence-electron chi connectivity index (χ0n) is 11.0. The fourth-order valence-electron chi connectivity index (χ4n) is 1.66. The monoisotopic (exact) mass is 323 g/mol. The highest BCUT2D eigenvalue weighted by atomic mass is 35.5. The summed E-state index contributed by atoms with van der Waals surface area (Å²) in [6.45, 7) is 0. The zero-order valence-corrected chi connectivity index (χ0v) is 12.5. The predicted octanol–water partition coefficient (Wildman–Crippen LogP) is 3.00. The lowest BCUT2D eigenvalue weighted by atomic mass is 10.1. The van der Waals surface area contributed by atoms with Gasteiger partial charge in [-0.15, -0.1) is 0 Å². The molecule has 0 spiro atoms. The van der Waals surface area contributed by atoms with Crippen molar-refractivity contribution in [3.05, 3.63) is 57.8 Å². The van der Waals surface area contributed by atoms with E-state index in [1.54, 1.807) is 6.07 Å². The van der Waals surface area contributed by atoms with Crippen LogP contribution in [0.15, 0.2) is 36.7 Å². The van der Waals surface area contributed by atoms with E-state index < -0.39 is 5.91 Å². The van der Waals surface area contributed by atoms with Crippen molar-refractivity contribution in [1.29, 1.82) is 0 Å². The summed E-state index contributed by atoms with van der Waals surface area (Å²) in [4.78, 5) is 27.6. The molecule has 0 saturated heterocycles. The number of aromatic nitrogens is 1. The molecule has 0 fully saturated rings. The van der Waals surface area contributed by atoms with E-state index in [-0.39, 0.29) is 16.5 Å². The largest absolute Gasteiger partial charge is 0.355 e. The topological polar surface area (TPSA) is 71.1 Å². The van der Waals surface area contributed by atoms with Crippen LogP contribution >= 0.6 is 23.2 Å². The summed E-state index contributed by atoms with van der Waals surface area (Å²) in [5.74, 6) is -0.706. The number of nitrogens with zero attached hydrogens (tertiary/aromatic N) is 1. The van der Waals surface area contributed by atoms with Gasteiger partial charge >= 0.3 is 0 Å². The Morgan fingerprint density at radius 3 is 2.52 bits per heavy atom. The molecule has 0 bridgehead atoms. The van der Waals surface area contributed by atoms with Crippen LogP contribution in [-0.4, -0.2) is 23.8 Å². The number of anilines is 1. The van der Waals surface area contributed by atoms with Gasteiger partial charge in [-0.05, 0) is 24.3 Å². The number of hydrogen-bond acceptors (Lipinski definition) is 3. The van der Waals surface area contributed by atoms with Crippen molar-refractivity contribution in [3.8, 4) is 0 Å². The first-order chi connectivity index (χ1) is 10.0. The first-order valence-corrected chi connectivity index (χ1v) is 6.71. The van der Waals surface area contributed by atoms with Gasteiger partial charge in [0.2, 0.25) is 0 Å². The van der Waals surface area contributed by atoms with Crippen LogP contribution in [0.3, 0.4) is 0 Å². The van der Waals surface area contributed by atoms with Gasteiger partial charge in [0, 0.05) is 25.0 Å². The van der Waals surface area contributed by atoms with Gasteiger partial charge in [-0.1, -0.05) is 23.2 Å². The Kier molecular flexibility index (Phi) is 4.77. The van der Waals surface area contributed by atoms with Crippen molar-refractivity contribution in [1.82, 2.24) is 10.3 Å². The molecule has 21 heavy (non-hydrogen) atoms. The molecule has 7 heteroatoms. The minimum Gasteiger partial charge on any atom is -0.355 e. The Bertz CT molecular complexity index is 704. The number of amides is 2. The summed E-state index contributed by atoms with van der Waals surface area (Å²) < 4.78 is 0. The molecule has 2 N–H and O–H groups in total. The third kappa shape index (κ3) is 3.51. The van der Waals surface area contributed by atoms with Crippen LogP contribution in [0.25, 0.3) is 0 Å². The van der Waals surface area contributed by atoms with Crippen molar-refractivity contribution in [2.24, 2.45) is 0 Å². The third-order valence-corrected chi connectivity index (χ3v) is 3.35. The van der Waals surface area contributed by atoms with E-state index in [1.165, 1.54) is 37.6 Å². The third-order valence-electron chi connectivity index (χ3n) is 2.72. The maximum Gasteiger partial charge on any atom is 0.257 e. The van der Waals surface area contributed by atoms with E-state index in [1.807, 2.05) is 0 Å². The maximum absolute atomic E-state index is 12.2. The normalized spacial score (nSPS) is 10.0. The fraction of sp³-hybridized carbons (Fsp3) is 0.0714. The number of rotatable bonds is 3. The molecule has 0 aliphatic rings. The van der Waals surface area contributed by atoms with E-state index in [9.17, 15) is 9.59 Å². The van der Waals surface area contributed by atoms with Crippen LogP contribution in [0.1, 0.15) is 20.7 Å². The standard InChI is InChI=1S/C14H11Cl2N3O2/c1-17-13(20)8-2-3-10(15)12(6-8)19-14(21)9-4-5-18-7-11(9)16/h2-7H,1H3,(H,17,20)(H,19,21). The minimum atomic E-state index is -0.432. The van der Waals surface area contributed by atoms with E-state index in [4.69, 9.17) is 23.2 Å². The van der Waals surface area contributed by atoms with Crippen molar-refractivity contribution in [2.45, 2.75) is 0 Å². The minimum absolute atomic E-state index is 0.230. The van der Waals surface area contributed by atoms with Gasteiger partial charge in [0.15, 0.2) is 0 Å². The van der Waals surface area contributed by atoms with Crippen LogP contribution < -0.4 is 10.6 Å². The van der Waals surface area contributed by atoms with E-state index in [2.05, 4.69) is 15.6 Å². The van der Waals surface area contributed by atoms with E-state index in [0.717, 1.165) is 0 Å². The highest BCUT2D eigenvalue weighted by molar-refractivity contribution is 6.36. The molecule has 2 aromatic rings. The number of halogens is 2. The molecule has 0 aliphatic heterocycles. The van der Waals surface area contributed by atoms with Gasteiger partial charge in [0.1, 0.15) is 0 Å². The van der Waals surface area contributed by atoms with Crippen LogP contribution in [0.4, 0.5) is 5.69 Å². The lowest BCUT2D eigenvalue weighted by Crippen LogP contribution is -2.18. The Morgan fingerprint density at radius 1 is 1.10 bits per heavy atom. The second kappa shape index (κ2) is 6.56. The lowest BCUT2D eigenvalue weighted by molar-refractivity contribution is 0.0961. The average molecular weight is 324 g/mol. The van der Waals surface area contributed by atoms with Crippen molar-refractivity contribution < 1.29 is 9.59 Å². The molecule has 1 aromatic carbocycles. The highest BCUT2D eigenvalue weighted by Gasteiger charge is 2.13. The Hall–Kier alpha value is -2.11. The van der Waals surface area contributed by atoms with Gasteiger partial charge in [-0.2, -0.15) is 0 Å². The molecule has 2 rings (SSSR count). The average Bonchev–Trinajstić information content (AvgIpc) is 2.49. The molecule has 2 amide bonds. The first-order valence-electron chi connectivity index (χ1n) is 5.95. The smallest absolute Gasteiger partial charge is 0.257 e. The Labute approximate surface area is 131 Å².